The van der Waals surface area contributed by atoms with E-state index in [0.717, 1.165) is 50.5 Å². The van der Waals surface area contributed by atoms with Crippen molar-refractivity contribution in [3.05, 3.63) is 43.3 Å². The first kappa shape index (κ1) is 24.7. The third kappa shape index (κ3) is 7.91. The SMILES string of the molecule is Cc1ccc(I(F)/C=C(/F)CCCCCCCCC2OC(C)(C)C(C)(C)O2)cc1. The van der Waals surface area contributed by atoms with Crippen LogP contribution in [0.4, 0.5) is 7.25 Å². The molecule has 0 spiro atoms. The molecule has 1 aromatic carbocycles. The molecule has 0 radical (unpaired) electrons. The van der Waals surface area contributed by atoms with E-state index in [-0.39, 0.29) is 23.3 Å². The second-order valence-corrected chi connectivity index (χ2v) is 12.3. The Kier molecular flexibility index (Phi) is 9.55. The molecule has 0 bridgehead atoms. The summed E-state index contributed by atoms with van der Waals surface area (Å²) in [5, 5.41) is 0. The first-order valence-electron chi connectivity index (χ1n) is 10.7. The van der Waals surface area contributed by atoms with Crippen LogP contribution in [-0.2, 0) is 9.47 Å². The zero-order chi connectivity index (χ0) is 21.5. The summed E-state index contributed by atoms with van der Waals surface area (Å²) in [6.07, 6.45) is 7.39. The van der Waals surface area contributed by atoms with Crippen LogP contribution in [0.3, 0.4) is 0 Å². The van der Waals surface area contributed by atoms with Crippen molar-refractivity contribution >= 4 is 20.4 Å². The third-order valence-electron chi connectivity index (χ3n) is 5.84. The molecule has 1 aliphatic rings. The molecule has 1 aliphatic heterocycles. The van der Waals surface area contributed by atoms with E-state index in [0.29, 0.717) is 9.99 Å². The van der Waals surface area contributed by atoms with Crippen LogP contribution in [0.1, 0.15) is 84.6 Å². The number of benzene rings is 1. The first-order valence-corrected chi connectivity index (χ1v) is 13.9. The molecule has 1 saturated heterocycles. The van der Waals surface area contributed by atoms with Crippen LogP contribution in [0.15, 0.2) is 34.2 Å². The Labute approximate surface area is 183 Å². The van der Waals surface area contributed by atoms with E-state index in [1.165, 1.54) is 4.08 Å². The van der Waals surface area contributed by atoms with E-state index in [4.69, 9.17) is 9.47 Å². The number of rotatable bonds is 11. The molecule has 166 valence electrons. The Morgan fingerprint density at radius 2 is 1.45 bits per heavy atom. The van der Waals surface area contributed by atoms with Crippen molar-refractivity contribution in [3.63, 3.8) is 0 Å². The molecular weight excluding hydrogens is 485 g/mol. The van der Waals surface area contributed by atoms with Gasteiger partial charge in [-0.2, -0.15) is 0 Å². The van der Waals surface area contributed by atoms with Gasteiger partial charge in [-0.05, 0) is 27.7 Å². The topological polar surface area (TPSA) is 18.5 Å². The van der Waals surface area contributed by atoms with E-state index in [2.05, 4.69) is 27.7 Å². The summed E-state index contributed by atoms with van der Waals surface area (Å²) in [4.78, 5) is 0. The van der Waals surface area contributed by atoms with Crippen LogP contribution in [-0.4, -0.2) is 17.5 Å². The number of ether oxygens (including phenoxy) is 2. The summed E-state index contributed by atoms with van der Waals surface area (Å²) in [5.74, 6) is -0.279. The van der Waals surface area contributed by atoms with Gasteiger partial charge in [0.2, 0.25) is 0 Å². The van der Waals surface area contributed by atoms with Gasteiger partial charge in [-0.3, -0.25) is 0 Å². The second kappa shape index (κ2) is 11.2. The van der Waals surface area contributed by atoms with Crippen molar-refractivity contribution in [1.29, 1.82) is 0 Å². The van der Waals surface area contributed by atoms with Crippen molar-refractivity contribution in [1.82, 2.24) is 0 Å². The predicted molar refractivity (Wildman–Crippen MR) is 125 cm³/mol. The van der Waals surface area contributed by atoms with Crippen molar-refractivity contribution in [2.45, 2.75) is 103 Å². The number of aryl methyl sites for hydroxylation is 1. The van der Waals surface area contributed by atoms with Gasteiger partial charge in [0.1, 0.15) is 0 Å². The van der Waals surface area contributed by atoms with E-state index in [9.17, 15) is 7.25 Å². The van der Waals surface area contributed by atoms with Crippen LogP contribution >= 0.6 is 20.4 Å². The molecule has 0 aliphatic carbocycles. The molecule has 2 rings (SSSR count). The van der Waals surface area contributed by atoms with Crippen molar-refractivity contribution in [2.75, 3.05) is 0 Å². The van der Waals surface area contributed by atoms with Gasteiger partial charge in [0.25, 0.3) is 0 Å². The number of hydrogen-bond acceptors (Lipinski definition) is 2. The Hall–Kier alpha value is -0.530. The molecule has 5 heteroatoms. The fourth-order valence-electron chi connectivity index (χ4n) is 3.27. The van der Waals surface area contributed by atoms with Crippen LogP contribution in [0.5, 0.6) is 0 Å². The number of unbranched alkanes of at least 4 members (excludes halogenated alkanes) is 5. The van der Waals surface area contributed by atoms with E-state index in [1.54, 1.807) is 12.1 Å². The van der Waals surface area contributed by atoms with Gasteiger partial charge in [0.05, 0.1) is 11.2 Å². The molecule has 2 nitrogen and oxygen atoms in total. The predicted octanol–water partition coefficient (Wildman–Crippen LogP) is 8.42. The molecule has 0 N–H and O–H groups in total. The Morgan fingerprint density at radius 3 is 2.03 bits per heavy atom. The van der Waals surface area contributed by atoms with Crippen molar-refractivity contribution in [2.24, 2.45) is 0 Å². The zero-order valence-electron chi connectivity index (χ0n) is 18.6. The van der Waals surface area contributed by atoms with E-state index in [1.807, 2.05) is 19.1 Å². The van der Waals surface area contributed by atoms with Gasteiger partial charge in [0, 0.05) is 0 Å². The van der Waals surface area contributed by atoms with Gasteiger partial charge in [-0.25, -0.2) is 0 Å². The monoisotopic (exact) mass is 522 g/mol. The molecule has 0 amide bonds. The average molecular weight is 522 g/mol. The Bertz CT molecular complexity index is 639. The molecule has 0 unspecified atom stereocenters. The maximum absolute atomic E-state index is 14.3. The minimum atomic E-state index is -2.99. The van der Waals surface area contributed by atoms with Crippen LogP contribution in [0.2, 0.25) is 0 Å². The van der Waals surface area contributed by atoms with Gasteiger partial charge < -0.3 is 0 Å². The summed E-state index contributed by atoms with van der Waals surface area (Å²) in [6.45, 7) is 10.3. The van der Waals surface area contributed by atoms with Gasteiger partial charge in [0.15, 0.2) is 0 Å². The molecule has 1 heterocycles. The summed E-state index contributed by atoms with van der Waals surface area (Å²) in [6, 6.07) is 7.34. The maximum atomic E-state index is 14.3. The molecule has 29 heavy (non-hydrogen) atoms. The fraction of sp³-hybridized carbons (Fsp3) is 0.667. The summed E-state index contributed by atoms with van der Waals surface area (Å²) >= 11 is -2.99. The Balaban J connectivity index is 1.53. The summed E-state index contributed by atoms with van der Waals surface area (Å²) in [5.41, 5.74) is 0.589. The van der Waals surface area contributed by atoms with Crippen molar-refractivity contribution < 1.29 is 16.7 Å². The van der Waals surface area contributed by atoms with Crippen LogP contribution in [0, 0.1) is 10.5 Å². The minimum absolute atomic E-state index is 0.105. The molecule has 0 aromatic heterocycles. The molecule has 0 saturated carbocycles. The van der Waals surface area contributed by atoms with Gasteiger partial charge >= 0.3 is 145 Å². The number of hydrogen-bond donors (Lipinski definition) is 0. The first-order chi connectivity index (χ1) is 13.6. The van der Waals surface area contributed by atoms with E-state index < -0.39 is 20.4 Å². The molecular formula is C24H37F2IO2. The zero-order valence-corrected chi connectivity index (χ0v) is 20.7. The third-order valence-corrected chi connectivity index (χ3v) is 8.97. The molecule has 1 fully saturated rings. The quantitative estimate of drug-likeness (QED) is 0.215. The van der Waals surface area contributed by atoms with E-state index >= 15 is 0 Å². The van der Waals surface area contributed by atoms with Crippen LogP contribution in [0.25, 0.3) is 0 Å². The van der Waals surface area contributed by atoms with Gasteiger partial charge in [-0.15, -0.1) is 0 Å². The second-order valence-electron chi connectivity index (χ2n) is 8.96. The van der Waals surface area contributed by atoms with Gasteiger partial charge in [-0.1, -0.05) is 0 Å². The van der Waals surface area contributed by atoms with Crippen LogP contribution < -0.4 is 0 Å². The molecule has 0 atom stereocenters. The summed E-state index contributed by atoms with van der Waals surface area (Å²) in [7, 11) is 0. The molecule has 1 aromatic rings. The number of halogens is 3. The average Bonchev–Trinajstić information content (AvgIpc) is 2.84. The van der Waals surface area contributed by atoms with Crippen molar-refractivity contribution in [3.8, 4) is 0 Å². The number of allylic oxidation sites excluding steroid dienone is 1. The normalized spacial score (nSPS) is 19.6. The standard InChI is InChI=1S/C24H37F2IO2/c1-19-14-16-21(17-15-19)27(26)18-20(25)12-10-8-6-7-9-11-13-22-28-23(2,3)24(4,5)29-22/h14-18,22H,6-13H2,1-5H3/b20-18+. The summed E-state index contributed by atoms with van der Waals surface area (Å²) < 4.78 is 42.2. The fourth-order valence-corrected chi connectivity index (χ4v) is 5.58. The Morgan fingerprint density at radius 1 is 0.931 bits per heavy atom.